The second-order valence-corrected chi connectivity index (χ2v) is 14.7. The van der Waals surface area contributed by atoms with Crippen molar-refractivity contribution in [3.8, 4) is 16.9 Å². The van der Waals surface area contributed by atoms with Gasteiger partial charge in [-0.3, -0.25) is 9.59 Å². The SMILES string of the molecule is CCOc1cccc(-c2cc(C(=O)N3CCN(c4ccc(C(=O)N(C)CC56CC7CC(CC(C7)C5)C6)cc4)CC3)cc(C(F)(F)F)c2)c1. The number of amides is 2. The molecule has 1 aliphatic heterocycles. The van der Waals surface area contributed by atoms with E-state index in [4.69, 9.17) is 4.74 Å². The molecule has 254 valence electrons. The van der Waals surface area contributed by atoms with Crippen LogP contribution in [0.2, 0.25) is 0 Å². The first-order valence-corrected chi connectivity index (χ1v) is 17.3. The van der Waals surface area contributed by atoms with Gasteiger partial charge in [-0.05, 0) is 134 Å². The molecule has 1 heterocycles. The highest BCUT2D eigenvalue weighted by Gasteiger charge is 2.51. The van der Waals surface area contributed by atoms with Gasteiger partial charge in [-0.15, -0.1) is 0 Å². The molecule has 3 aromatic rings. The molecule has 2 amide bonds. The summed E-state index contributed by atoms with van der Waals surface area (Å²) in [6.45, 7) is 4.92. The number of carbonyl (C=O) groups excluding carboxylic acids is 2. The Morgan fingerprint density at radius 3 is 2.08 bits per heavy atom. The number of alkyl halides is 3. The van der Waals surface area contributed by atoms with E-state index in [2.05, 4.69) is 4.90 Å². The smallest absolute Gasteiger partial charge is 0.416 e. The molecule has 6 nitrogen and oxygen atoms in total. The van der Waals surface area contributed by atoms with Crippen molar-refractivity contribution >= 4 is 17.5 Å². The van der Waals surface area contributed by atoms with Gasteiger partial charge in [-0.25, -0.2) is 0 Å². The number of halogens is 3. The van der Waals surface area contributed by atoms with E-state index in [-0.39, 0.29) is 11.5 Å². The van der Waals surface area contributed by atoms with Crippen molar-refractivity contribution in [2.45, 2.75) is 51.6 Å². The highest BCUT2D eigenvalue weighted by Crippen LogP contribution is 2.60. The summed E-state index contributed by atoms with van der Waals surface area (Å²) in [5.74, 6) is 2.73. The van der Waals surface area contributed by atoms with Gasteiger partial charge in [0, 0.05) is 56.6 Å². The van der Waals surface area contributed by atoms with Crippen LogP contribution < -0.4 is 9.64 Å². The minimum absolute atomic E-state index is 0.00983. The minimum Gasteiger partial charge on any atom is -0.494 e. The van der Waals surface area contributed by atoms with Gasteiger partial charge < -0.3 is 19.4 Å². The van der Waals surface area contributed by atoms with Crippen LogP contribution in [0, 0.1) is 23.2 Å². The van der Waals surface area contributed by atoms with E-state index in [1.807, 2.05) is 43.1 Å². The zero-order valence-electron chi connectivity index (χ0n) is 27.8. The summed E-state index contributed by atoms with van der Waals surface area (Å²) in [4.78, 5) is 32.7. The van der Waals surface area contributed by atoms with Crippen molar-refractivity contribution in [3.63, 3.8) is 0 Å². The molecule has 4 aliphatic carbocycles. The number of benzene rings is 3. The topological polar surface area (TPSA) is 53.1 Å². The van der Waals surface area contributed by atoms with E-state index < -0.39 is 17.6 Å². The van der Waals surface area contributed by atoms with Crippen LogP contribution in [0.4, 0.5) is 18.9 Å². The maximum atomic E-state index is 13.9. The fraction of sp³-hybridized carbons (Fsp3) is 0.487. The molecule has 0 unspecified atom stereocenters. The van der Waals surface area contributed by atoms with Gasteiger partial charge in [0.1, 0.15) is 5.75 Å². The second kappa shape index (κ2) is 12.8. The normalized spacial score (nSPS) is 24.9. The molecule has 0 radical (unpaired) electrons. The lowest BCUT2D eigenvalue weighted by molar-refractivity contribution is -0.137. The van der Waals surface area contributed by atoms with Crippen LogP contribution >= 0.6 is 0 Å². The van der Waals surface area contributed by atoms with Crippen LogP contribution in [0.25, 0.3) is 11.1 Å². The van der Waals surface area contributed by atoms with Gasteiger partial charge in [-0.2, -0.15) is 13.2 Å². The van der Waals surface area contributed by atoms with E-state index in [9.17, 15) is 22.8 Å². The average Bonchev–Trinajstić information content (AvgIpc) is 3.06. The van der Waals surface area contributed by atoms with E-state index >= 15 is 0 Å². The van der Waals surface area contributed by atoms with Crippen molar-refractivity contribution < 1.29 is 27.5 Å². The first kappa shape index (κ1) is 32.5. The van der Waals surface area contributed by atoms with Gasteiger partial charge in [0.2, 0.25) is 0 Å². The summed E-state index contributed by atoms with van der Waals surface area (Å²) in [6, 6.07) is 18.1. The fourth-order valence-corrected chi connectivity index (χ4v) is 9.46. The largest absolute Gasteiger partial charge is 0.494 e. The molecule has 0 aromatic heterocycles. The number of ether oxygens (including phenoxy) is 1. The Balaban J connectivity index is 0.989. The number of nitrogens with zero attached hydrogens (tertiary/aromatic N) is 3. The van der Waals surface area contributed by atoms with Crippen LogP contribution in [-0.2, 0) is 6.18 Å². The zero-order chi connectivity index (χ0) is 33.6. The molecule has 48 heavy (non-hydrogen) atoms. The van der Waals surface area contributed by atoms with E-state index in [0.29, 0.717) is 60.6 Å². The Morgan fingerprint density at radius 1 is 0.833 bits per heavy atom. The number of piperazine rings is 1. The number of anilines is 1. The second-order valence-electron chi connectivity index (χ2n) is 14.7. The Morgan fingerprint density at radius 2 is 1.48 bits per heavy atom. The third-order valence-corrected chi connectivity index (χ3v) is 11.1. The molecule has 4 saturated carbocycles. The minimum atomic E-state index is -4.60. The molecule has 0 N–H and O–H groups in total. The van der Waals surface area contributed by atoms with Crippen LogP contribution in [0.1, 0.15) is 71.7 Å². The fourth-order valence-electron chi connectivity index (χ4n) is 9.46. The lowest BCUT2D eigenvalue weighted by atomic mass is 9.49. The van der Waals surface area contributed by atoms with Crippen LogP contribution in [-0.4, -0.2) is 68.0 Å². The maximum Gasteiger partial charge on any atom is 0.416 e. The summed E-state index contributed by atoms with van der Waals surface area (Å²) >= 11 is 0. The highest BCUT2D eigenvalue weighted by atomic mass is 19.4. The quantitative estimate of drug-likeness (QED) is 0.246. The molecule has 3 aromatic carbocycles. The van der Waals surface area contributed by atoms with Crippen LogP contribution in [0.3, 0.4) is 0 Å². The van der Waals surface area contributed by atoms with Crippen LogP contribution in [0.5, 0.6) is 5.75 Å². The van der Waals surface area contributed by atoms with Crippen molar-refractivity contribution in [1.82, 2.24) is 9.80 Å². The first-order valence-electron chi connectivity index (χ1n) is 17.3. The van der Waals surface area contributed by atoms with Gasteiger partial charge in [0.05, 0.1) is 12.2 Å². The molecule has 0 atom stereocenters. The molecule has 8 rings (SSSR count). The Kier molecular flexibility index (Phi) is 8.67. The monoisotopic (exact) mass is 659 g/mol. The number of rotatable bonds is 8. The van der Waals surface area contributed by atoms with Crippen molar-refractivity contribution in [3.05, 3.63) is 83.4 Å². The number of carbonyl (C=O) groups is 2. The lowest BCUT2D eigenvalue weighted by Gasteiger charge is -2.57. The molecule has 0 spiro atoms. The number of hydrogen-bond acceptors (Lipinski definition) is 4. The molecule has 9 heteroatoms. The van der Waals surface area contributed by atoms with Crippen molar-refractivity contribution in [2.24, 2.45) is 23.2 Å². The van der Waals surface area contributed by atoms with Crippen molar-refractivity contribution in [2.75, 3.05) is 51.3 Å². The van der Waals surface area contributed by atoms with Crippen LogP contribution in [0.15, 0.2) is 66.7 Å². The summed E-state index contributed by atoms with van der Waals surface area (Å²) in [5.41, 5.74) is 1.93. The highest BCUT2D eigenvalue weighted by molar-refractivity contribution is 5.96. The van der Waals surface area contributed by atoms with Crippen molar-refractivity contribution in [1.29, 1.82) is 0 Å². The van der Waals surface area contributed by atoms with E-state index in [1.165, 1.54) is 44.6 Å². The third kappa shape index (κ3) is 6.65. The predicted octanol–water partition coefficient (Wildman–Crippen LogP) is 8.02. The summed E-state index contributed by atoms with van der Waals surface area (Å²) in [6.07, 6.45) is 3.36. The Bertz CT molecular complexity index is 1630. The molecular formula is C39H44F3N3O3. The summed E-state index contributed by atoms with van der Waals surface area (Å²) in [7, 11) is 1.94. The average molecular weight is 660 g/mol. The van der Waals surface area contributed by atoms with Gasteiger partial charge in [0.25, 0.3) is 11.8 Å². The maximum absolute atomic E-state index is 13.9. The Labute approximate surface area is 280 Å². The summed E-state index contributed by atoms with van der Waals surface area (Å²) in [5, 5.41) is 0. The van der Waals surface area contributed by atoms with Gasteiger partial charge >= 0.3 is 6.18 Å². The molecule has 5 fully saturated rings. The molecule has 4 bridgehead atoms. The number of hydrogen-bond donors (Lipinski definition) is 0. The first-order chi connectivity index (χ1) is 23.0. The van der Waals surface area contributed by atoms with Gasteiger partial charge in [0.15, 0.2) is 0 Å². The standard InChI is InChI=1S/C39H44F3N3O3/c1-3-48-35-6-4-5-30(21-35)31-18-32(20-33(19-31)39(40,41)42)37(47)45-13-11-44(12-14-45)34-9-7-29(8-10-34)36(46)43(2)25-38-22-26-15-27(23-38)17-28(16-26)24-38/h4-10,18-21,26-28H,3,11-17,22-25H2,1-2H3. The zero-order valence-corrected chi connectivity index (χ0v) is 27.8. The molecule has 1 saturated heterocycles. The van der Waals surface area contributed by atoms with E-state index in [1.54, 1.807) is 29.2 Å². The molecule has 5 aliphatic rings. The summed E-state index contributed by atoms with van der Waals surface area (Å²) < 4.78 is 47.3. The Hall–Kier alpha value is -4.01. The van der Waals surface area contributed by atoms with E-state index in [0.717, 1.165) is 42.1 Å². The third-order valence-electron chi connectivity index (χ3n) is 11.1. The predicted molar refractivity (Wildman–Crippen MR) is 180 cm³/mol. The molecular weight excluding hydrogens is 615 g/mol. The van der Waals surface area contributed by atoms with Gasteiger partial charge in [-0.1, -0.05) is 12.1 Å². The lowest BCUT2D eigenvalue weighted by Crippen LogP contribution is -2.51.